The van der Waals surface area contributed by atoms with Crippen LogP contribution in [0.15, 0.2) is 46.9 Å². The summed E-state index contributed by atoms with van der Waals surface area (Å²) in [5, 5.41) is 0.891. The van der Waals surface area contributed by atoms with E-state index in [1.165, 1.54) is 12.1 Å². The summed E-state index contributed by atoms with van der Waals surface area (Å²) in [5.41, 5.74) is 2.28. The van der Waals surface area contributed by atoms with Gasteiger partial charge in [0.15, 0.2) is 5.76 Å². The molecule has 2 aromatic carbocycles. The van der Waals surface area contributed by atoms with Crippen LogP contribution in [-0.4, -0.2) is 37.6 Å². The molecule has 0 radical (unpaired) electrons. The number of methoxy groups -OCH3 is 1. The fourth-order valence-electron chi connectivity index (χ4n) is 3.39. The summed E-state index contributed by atoms with van der Waals surface area (Å²) in [6.45, 7) is 3.17. The number of amides is 1. The van der Waals surface area contributed by atoms with Crippen LogP contribution in [0.4, 0.5) is 4.39 Å². The lowest BCUT2D eigenvalue weighted by Gasteiger charge is -2.32. The third-order valence-corrected chi connectivity index (χ3v) is 4.94. The highest BCUT2D eigenvalue weighted by Crippen LogP contribution is 2.30. The number of aryl methyl sites for hydroxylation is 1. The van der Waals surface area contributed by atoms with Crippen LogP contribution in [-0.2, 0) is 4.74 Å². The summed E-state index contributed by atoms with van der Waals surface area (Å²) in [4.78, 5) is 14.8. The molecule has 140 valence electrons. The predicted octanol–water partition coefficient (Wildman–Crippen LogP) is 4.10. The van der Waals surface area contributed by atoms with Gasteiger partial charge in [0.25, 0.3) is 5.91 Å². The van der Waals surface area contributed by atoms with Crippen LogP contribution in [0, 0.1) is 12.7 Å². The van der Waals surface area contributed by atoms with Crippen LogP contribution in [0.2, 0.25) is 0 Å². The second-order valence-electron chi connectivity index (χ2n) is 6.58. The van der Waals surface area contributed by atoms with Crippen LogP contribution < -0.4 is 4.74 Å². The molecule has 0 spiro atoms. The third-order valence-electron chi connectivity index (χ3n) is 4.94. The molecule has 1 aliphatic heterocycles. The Morgan fingerprint density at radius 2 is 2.00 bits per heavy atom. The molecular weight excluding hydrogens is 349 g/mol. The number of morpholine rings is 1. The summed E-state index contributed by atoms with van der Waals surface area (Å²) in [7, 11) is 1.59. The Morgan fingerprint density at radius 1 is 1.22 bits per heavy atom. The summed E-state index contributed by atoms with van der Waals surface area (Å²) in [6.07, 6.45) is -0.284. The van der Waals surface area contributed by atoms with Crippen LogP contribution in [0.25, 0.3) is 11.0 Å². The zero-order chi connectivity index (χ0) is 19.0. The lowest BCUT2D eigenvalue weighted by atomic mass is 10.1. The average molecular weight is 369 g/mol. The number of carbonyl (C=O) groups is 1. The van der Waals surface area contributed by atoms with Crippen LogP contribution in [0.3, 0.4) is 0 Å². The Bertz CT molecular complexity index is 980. The van der Waals surface area contributed by atoms with Gasteiger partial charge in [0.1, 0.15) is 23.3 Å². The molecule has 0 N–H and O–H groups in total. The minimum atomic E-state index is -0.296. The second kappa shape index (κ2) is 7.04. The number of benzene rings is 2. The molecule has 4 rings (SSSR count). The highest BCUT2D eigenvalue weighted by Gasteiger charge is 2.29. The van der Waals surface area contributed by atoms with E-state index < -0.39 is 0 Å². The maximum Gasteiger partial charge on any atom is 0.290 e. The van der Waals surface area contributed by atoms with E-state index in [1.807, 2.05) is 19.1 Å². The van der Waals surface area contributed by atoms with Gasteiger partial charge in [0.05, 0.1) is 20.3 Å². The van der Waals surface area contributed by atoms with Gasteiger partial charge in [-0.1, -0.05) is 12.1 Å². The maximum absolute atomic E-state index is 13.2. The minimum Gasteiger partial charge on any atom is -0.497 e. The summed E-state index contributed by atoms with van der Waals surface area (Å²) in [6, 6.07) is 11.7. The molecule has 0 bridgehead atoms. The minimum absolute atomic E-state index is 0.168. The highest BCUT2D eigenvalue weighted by atomic mass is 19.1. The molecule has 5 nitrogen and oxygen atoms in total. The number of hydrogen-bond donors (Lipinski definition) is 0. The number of hydrogen-bond acceptors (Lipinski definition) is 4. The number of fused-ring (bicyclic) bond motifs is 1. The quantitative estimate of drug-likeness (QED) is 0.697. The Kier molecular flexibility index (Phi) is 4.58. The van der Waals surface area contributed by atoms with Crippen molar-refractivity contribution in [1.29, 1.82) is 0 Å². The first-order chi connectivity index (χ1) is 13.1. The number of nitrogens with zero attached hydrogens (tertiary/aromatic N) is 1. The molecule has 0 unspecified atom stereocenters. The Labute approximate surface area is 156 Å². The van der Waals surface area contributed by atoms with Gasteiger partial charge in [-0.3, -0.25) is 4.79 Å². The highest BCUT2D eigenvalue weighted by molar-refractivity contribution is 5.99. The summed E-state index contributed by atoms with van der Waals surface area (Å²) < 4.78 is 30.0. The predicted molar refractivity (Wildman–Crippen MR) is 98.5 cm³/mol. The zero-order valence-electron chi connectivity index (χ0n) is 15.2. The number of furan rings is 1. The normalized spacial score (nSPS) is 17.3. The van der Waals surface area contributed by atoms with Gasteiger partial charge in [-0.05, 0) is 36.8 Å². The number of ether oxygens (including phenoxy) is 2. The molecule has 1 fully saturated rings. The Balaban J connectivity index is 1.59. The molecule has 27 heavy (non-hydrogen) atoms. The van der Waals surface area contributed by atoms with E-state index in [9.17, 15) is 9.18 Å². The van der Waals surface area contributed by atoms with Gasteiger partial charge in [-0.15, -0.1) is 0 Å². The lowest BCUT2D eigenvalue weighted by Crippen LogP contribution is -2.42. The van der Waals surface area contributed by atoms with Crippen molar-refractivity contribution in [3.63, 3.8) is 0 Å². The summed E-state index contributed by atoms with van der Waals surface area (Å²) in [5.74, 6) is 0.546. The topological polar surface area (TPSA) is 51.9 Å². The van der Waals surface area contributed by atoms with Crippen molar-refractivity contribution in [2.75, 3.05) is 26.8 Å². The van der Waals surface area contributed by atoms with Crippen molar-refractivity contribution in [1.82, 2.24) is 4.90 Å². The molecule has 1 aliphatic rings. The van der Waals surface area contributed by atoms with E-state index in [2.05, 4.69) is 0 Å². The van der Waals surface area contributed by atoms with E-state index in [-0.39, 0.29) is 17.8 Å². The molecular formula is C21H20FNO4. The van der Waals surface area contributed by atoms with E-state index >= 15 is 0 Å². The van der Waals surface area contributed by atoms with Crippen LogP contribution >= 0.6 is 0 Å². The molecule has 1 amide bonds. The molecule has 1 aromatic heterocycles. The van der Waals surface area contributed by atoms with Gasteiger partial charge in [-0.2, -0.15) is 0 Å². The maximum atomic E-state index is 13.2. The third kappa shape index (κ3) is 3.28. The molecule has 6 heteroatoms. The Hall–Kier alpha value is -2.86. The zero-order valence-corrected chi connectivity index (χ0v) is 15.2. The number of rotatable bonds is 3. The van der Waals surface area contributed by atoms with Crippen molar-refractivity contribution in [3.05, 3.63) is 65.2 Å². The van der Waals surface area contributed by atoms with Crippen molar-refractivity contribution < 1.29 is 23.1 Å². The molecule has 2 heterocycles. The van der Waals surface area contributed by atoms with Gasteiger partial charge < -0.3 is 18.8 Å². The summed E-state index contributed by atoms with van der Waals surface area (Å²) >= 11 is 0. The fourth-order valence-corrected chi connectivity index (χ4v) is 3.39. The van der Waals surface area contributed by atoms with E-state index in [0.29, 0.717) is 36.8 Å². The SMILES string of the molecule is COc1ccc2c(C)c(C(=O)N3CCO[C@@H](c4ccc(F)cc4)C3)oc2c1. The van der Waals surface area contributed by atoms with Gasteiger partial charge in [0.2, 0.25) is 0 Å². The molecule has 1 saturated heterocycles. The van der Waals surface area contributed by atoms with Crippen LogP contribution in [0.5, 0.6) is 5.75 Å². The molecule has 0 saturated carbocycles. The smallest absolute Gasteiger partial charge is 0.290 e. The van der Waals surface area contributed by atoms with E-state index in [1.54, 1.807) is 30.2 Å². The Morgan fingerprint density at radius 3 is 2.74 bits per heavy atom. The first-order valence-corrected chi connectivity index (χ1v) is 8.80. The van der Waals surface area contributed by atoms with Crippen molar-refractivity contribution in [2.45, 2.75) is 13.0 Å². The average Bonchev–Trinajstić information content (AvgIpc) is 3.04. The first-order valence-electron chi connectivity index (χ1n) is 8.80. The van der Waals surface area contributed by atoms with Crippen molar-refractivity contribution >= 4 is 16.9 Å². The number of carbonyl (C=O) groups excluding carboxylic acids is 1. The molecule has 1 atom stereocenters. The van der Waals surface area contributed by atoms with Crippen LogP contribution in [0.1, 0.15) is 27.8 Å². The van der Waals surface area contributed by atoms with Crippen molar-refractivity contribution in [3.8, 4) is 5.75 Å². The van der Waals surface area contributed by atoms with Crippen molar-refractivity contribution in [2.24, 2.45) is 0 Å². The lowest BCUT2D eigenvalue weighted by molar-refractivity contribution is -0.0237. The van der Waals surface area contributed by atoms with Gasteiger partial charge in [-0.25, -0.2) is 4.39 Å². The number of halogens is 1. The molecule has 0 aliphatic carbocycles. The standard InChI is InChI=1S/C21H20FNO4/c1-13-17-8-7-16(25-2)11-18(17)27-20(13)21(24)23-9-10-26-19(12-23)14-3-5-15(22)6-4-14/h3-8,11,19H,9-10,12H2,1-2H3/t19-/m1/s1. The van der Waals surface area contributed by atoms with Gasteiger partial charge in [0, 0.05) is 23.6 Å². The largest absolute Gasteiger partial charge is 0.497 e. The van der Waals surface area contributed by atoms with E-state index in [4.69, 9.17) is 13.9 Å². The molecule has 3 aromatic rings. The first kappa shape index (κ1) is 17.5. The fraction of sp³-hybridized carbons (Fsp3) is 0.286. The van der Waals surface area contributed by atoms with Gasteiger partial charge >= 0.3 is 0 Å². The second-order valence-corrected chi connectivity index (χ2v) is 6.58. The van der Waals surface area contributed by atoms with E-state index in [0.717, 1.165) is 16.5 Å². The monoisotopic (exact) mass is 369 g/mol.